The summed E-state index contributed by atoms with van der Waals surface area (Å²) in [5.41, 5.74) is 0.674. The second-order valence-electron chi connectivity index (χ2n) is 6.27. The molecular formula is C18H28F2N4O2. The standard InChI is InChI=1S/C18H28F2N4O2/c1-3-21-18(22-11-13-5-4-6-15(26-2)17(13)25)23-14-7-9-24(10-8-14)12-16(19)20/h4-6,14,16,25H,3,7-12H2,1-2H3,(H2,21,22,23). The molecule has 1 aliphatic rings. The normalized spacial score (nSPS) is 16.7. The van der Waals surface area contributed by atoms with E-state index in [9.17, 15) is 13.9 Å². The zero-order valence-corrected chi connectivity index (χ0v) is 15.3. The Morgan fingerprint density at radius 2 is 2.12 bits per heavy atom. The average Bonchev–Trinajstić information content (AvgIpc) is 2.62. The summed E-state index contributed by atoms with van der Waals surface area (Å²) in [6.45, 7) is 4.14. The number of hydrogen-bond acceptors (Lipinski definition) is 4. The topological polar surface area (TPSA) is 69.1 Å². The Labute approximate surface area is 153 Å². The van der Waals surface area contributed by atoms with Crippen molar-refractivity contribution < 1.29 is 18.6 Å². The number of benzene rings is 1. The summed E-state index contributed by atoms with van der Waals surface area (Å²) in [6.07, 6.45) is -0.697. The van der Waals surface area contributed by atoms with Gasteiger partial charge in [-0.15, -0.1) is 0 Å². The van der Waals surface area contributed by atoms with Crippen molar-refractivity contribution >= 4 is 5.96 Å². The van der Waals surface area contributed by atoms with E-state index in [1.54, 1.807) is 17.0 Å². The van der Waals surface area contributed by atoms with Gasteiger partial charge >= 0.3 is 0 Å². The van der Waals surface area contributed by atoms with Gasteiger partial charge in [-0.25, -0.2) is 13.8 Å². The lowest BCUT2D eigenvalue weighted by molar-refractivity contribution is 0.0744. The Kier molecular flexibility index (Phi) is 7.90. The van der Waals surface area contributed by atoms with Gasteiger partial charge in [0.25, 0.3) is 6.43 Å². The molecule has 0 spiro atoms. The molecule has 26 heavy (non-hydrogen) atoms. The van der Waals surface area contributed by atoms with Crippen molar-refractivity contribution in [2.24, 2.45) is 4.99 Å². The molecule has 1 aliphatic heterocycles. The molecule has 1 fully saturated rings. The number of phenolic OH excluding ortho intramolecular Hbond substituents is 1. The minimum absolute atomic E-state index is 0.0925. The number of ether oxygens (including phenoxy) is 1. The molecule has 0 bridgehead atoms. The van der Waals surface area contributed by atoms with Crippen LogP contribution in [-0.4, -0.2) is 61.7 Å². The Morgan fingerprint density at radius 3 is 2.73 bits per heavy atom. The number of guanidine groups is 1. The number of halogens is 2. The number of aromatic hydroxyl groups is 1. The van der Waals surface area contributed by atoms with Crippen LogP contribution in [0.5, 0.6) is 11.5 Å². The summed E-state index contributed by atoms with van der Waals surface area (Å²) in [7, 11) is 1.51. The van der Waals surface area contributed by atoms with E-state index in [-0.39, 0.29) is 18.3 Å². The summed E-state index contributed by atoms with van der Waals surface area (Å²) in [4.78, 5) is 6.32. The van der Waals surface area contributed by atoms with Gasteiger partial charge in [0.15, 0.2) is 17.5 Å². The Balaban J connectivity index is 1.93. The fraction of sp³-hybridized carbons (Fsp3) is 0.611. The molecule has 146 valence electrons. The van der Waals surface area contributed by atoms with Crippen LogP contribution in [0.15, 0.2) is 23.2 Å². The third kappa shape index (κ3) is 6.01. The van der Waals surface area contributed by atoms with E-state index >= 15 is 0 Å². The van der Waals surface area contributed by atoms with Crippen molar-refractivity contribution in [3.8, 4) is 11.5 Å². The molecule has 2 rings (SSSR count). The molecule has 0 unspecified atom stereocenters. The fourth-order valence-corrected chi connectivity index (χ4v) is 2.99. The minimum atomic E-state index is -2.28. The van der Waals surface area contributed by atoms with Crippen molar-refractivity contribution in [3.05, 3.63) is 23.8 Å². The summed E-state index contributed by atoms with van der Waals surface area (Å²) in [5, 5.41) is 16.7. The largest absolute Gasteiger partial charge is 0.504 e. The van der Waals surface area contributed by atoms with Crippen molar-refractivity contribution in [1.82, 2.24) is 15.5 Å². The van der Waals surface area contributed by atoms with Crippen LogP contribution in [0.1, 0.15) is 25.3 Å². The third-order valence-corrected chi connectivity index (χ3v) is 4.38. The number of para-hydroxylation sites is 1. The average molecular weight is 370 g/mol. The quantitative estimate of drug-likeness (QED) is 0.507. The molecule has 1 heterocycles. The lowest BCUT2D eigenvalue weighted by Crippen LogP contribution is -2.49. The Hall–Kier alpha value is -2.09. The van der Waals surface area contributed by atoms with Gasteiger partial charge in [0, 0.05) is 31.2 Å². The van der Waals surface area contributed by atoms with Crippen molar-refractivity contribution in [3.63, 3.8) is 0 Å². The summed E-state index contributed by atoms with van der Waals surface area (Å²) >= 11 is 0. The summed E-state index contributed by atoms with van der Waals surface area (Å²) in [5.74, 6) is 1.17. The van der Waals surface area contributed by atoms with E-state index in [1.807, 2.05) is 13.0 Å². The number of nitrogens with one attached hydrogen (secondary N) is 2. The van der Waals surface area contributed by atoms with Gasteiger partial charge in [-0.1, -0.05) is 12.1 Å². The van der Waals surface area contributed by atoms with Gasteiger partial charge in [-0.3, -0.25) is 4.90 Å². The van der Waals surface area contributed by atoms with Crippen LogP contribution in [0, 0.1) is 0 Å². The first-order chi connectivity index (χ1) is 12.5. The lowest BCUT2D eigenvalue weighted by Gasteiger charge is -2.32. The Morgan fingerprint density at radius 1 is 1.38 bits per heavy atom. The maximum absolute atomic E-state index is 12.5. The van der Waals surface area contributed by atoms with Gasteiger partial charge in [0.1, 0.15) is 0 Å². The Bertz CT molecular complexity index is 591. The van der Waals surface area contributed by atoms with Crippen LogP contribution < -0.4 is 15.4 Å². The van der Waals surface area contributed by atoms with Crippen molar-refractivity contribution in [2.45, 2.75) is 38.8 Å². The van der Waals surface area contributed by atoms with E-state index in [1.165, 1.54) is 7.11 Å². The highest BCUT2D eigenvalue weighted by atomic mass is 19.3. The minimum Gasteiger partial charge on any atom is -0.504 e. The predicted molar refractivity (Wildman–Crippen MR) is 98.1 cm³/mol. The molecule has 0 aromatic heterocycles. The molecule has 1 aromatic rings. The first-order valence-corrected chi connectivity index (χ1v) is 8.93. The molecule has 0 saturated carbocycles. The van der Waals surface area contributed by atoms with Gasteiger partial charge in [0.05, 0.1) is 20.2 Å². The number of nitrogens with zero attached hydrogens (tertiary/aromatic N) is 2. The fourth-order valence-electron chi connectivity index (χ4n) is 2.99. The number of rotatable bonds is 7. The first-order valence-electron chi connectivity index (χ1n) is 8.93. The van der Waals surface area contributed by atoms with Crippen molar-refractivity contribution in [1.29, 1.82) is 0 Å². The highest BCUT2D eigenvalue weighted by molar-refractivity contribution is 5.80. The maximum atomic E-state index is 12.5. The number of likely N-dealkylation sites (tertiary alicyclic amines) is 1. The van der Waals surface area contributed by atoms with E-state index < -0.39 is 6.43 Å². The number of phenols is 1. The van der Waals surface area contributed by atoms with E-state index in [0.717, 1.165) is 12.8 Å². The molecule has 1 saturated heterocycles. The molecule has 0 radical (unpaired) electrons. The predicted octanol–water partition coefficient (Wildman–Crippen LogP) is 2.19. The van der Waals surface area contributed by atoms with Crippen LogP contribution >= 0.6 is 0 Å². The number of aliphatic imine (C=N–C) groups is 1. The van der Waals surface area contributed by atoms with E-state index in [2.05, 4.69) is 15.6 Å². The first kappa shape index (κ1) is 20.2. The van der Waals surface area contributed by atoms with Crippen molar-refractivity contribution in [2.75, 3.05) is 33.3 Å². The van der Waals surface area contributed by atoms with Gasteiger partial charge in [-0.05, 0) is 25.8 Å². The highest BCUT2D eigenvalue weighted by Crippen LogP contribution is 2.29. The molecule has 6 nitrogen and oxygen atoms in total. The number of piperidine rings is 1. The van der Waals surface area contributed by atoms with E-state index in [0.29, 0.717) is 43.5 Å². The van der Waals surface area contributed by atoms with E-state index in [4.69, 9.17) is 4.74 Å². The summed E-state index contributed by atoms with van der Waals surface area (Å²) in [6, 6.07) is 5.50. The zero-order valence-electron chi connectivity index (χ0n) is 15.3. The second-order valence-corrected chi connectivity index (χ2v) is 6.27. The van der Waals surface area contributed by atoms with Gasteiger partial charge < -0.3 is 20.5 Å². The number of methoxy groups -OCH3 is 1. The molecule has 1 aromatic carbocycles. The third-order valence-electron chi connectivity index (χ3n) is 4.38. The number of alkyl halides is 2. The van der Waals surface area contributed by atoms with Gasteiger partial charge in [0.2, 0.25) is 0 Å². The van der Waals surface area contributed by atoms with Crippen LogP contribution in [0.4, 0.5) is 8.78 Å². The zero-order chi connectivity index (χ0) is 18.9. The molecule has 0 atom stereocenters. The van der Waals surface area contributed by atoms with Crippen LogP contribution in [0.25, 0.3) is 0 Å². The van der Waals surface area contributed by atoms with Gasteiger partial charge in [-0.2, -0.15) is 0 Å². The molecule has 3 N–H and O–H groups in total. The smallest absolute Gasteiger partial charge is 0.251 e. The monoisotopic (exact) mass is 370 g/mol. The molecule has 0 amide bonds. The van der Waals surface area contributed by atoms with Crippen LogP contribution in [-0.2, 0) is 6.54 Å². The lowest BCUT2D eigenvalue weighted by atomic mass is 10.1. The molecule has 8 heteroatoms. The second kappa shape index (κ2) is 10.2. The maximum Gasteiger partial charge on any atom is 0.251 e. The summed E-state index contributed by atoms with van der Waals surface area (Å²) < 4.78 is 30.0. The van der Waals surface area contributed by atoms with Crippen LogP contribution in [0.2, 0.25) is 0 Å². The van der Waals surface area contributed by atoms with Crippen LogP contribution in [0.3, 0.4) is 0 Å². The molecular weight excluding hydrogens is 342 g/mol. The SMILES string of the molecule is CCNC(=NCc1cccc(OC)c1O)NC1CCN(CC(F)F)CC1. The molecule has 0 aliphatic carbocycles. The number of hydrogen-bond donors (Lipinski definition) is 3. The highest BCUT2D eigenvalue weighted by Gasteiger charge is 2.22.